The second kappa shape index (κ2) is 12.0. The minimum atomic E-state index is 0.00542. The Hall–Kier alpha value is -1.70. The Morgan fingerprint density at radius 1 is 1.36 bits per heavy atom. The Morgan fingerprint density at radius 2 is 2.25 bits per heavy atom. The van der Waals surface area contributed by atoms with Crippen molar-refractivity contribution >= 4 is 29.0 Å². The largest absolute Gasteiger partial charge is 0.492 e. The van der Waals surface area contributed by atoms with E-state index in [4.69, 9.17) is 9.15 Å². The van der Waals surface area contributed by atoms with Crippen LogP contribution in [-0.4, -0.2) is 36.3 Å². The number of piperidine rings is 1. The summed E-state index contributed by atoms with van der Waals surface area (Å²) in [4.78, 5) is 15.6. The molecule has 0 unspecified atom stereocenters. The van der Waals surface area contributed by atoms with Crippen LogP contribution in [0.3, 0.4) is 0 Å². The topological polar surface area (TPSA) is 54.7 Å². The summed E-state index contributed by atoms with van der Waals surface area (Å²) in [6, 6.07) is 4.07. The highest BCUT2D eigenvalue weighted by Crippen LogP contribution is 2.24. The average molecular weight is 421 g/mol. The maximum absolute atomic E-state index is 11.8. The van der Waals surface area contributed by atoms with Crippen molar-refractivity contribution in [3.05, 3.63) is 52.8 Å². The number of hydrogen-bond donors (Lipinski definition) is 1. The van der Waals surface area contributed by atoms with Crippen LogP contribution in [0.25, 0.3) is 0 Å². The smallest absolute Gasteiger partial charge is 0.233 e. The van der Waals surface area contributed by atoms with Crippen molar-refractivity contribution in [1.29, 1.82) is 0 Å². The van der Waals surface area contributed by atoms with E-state index in [2.05, 4.69) is 21.7 Å². The van der Waals surface area contributed by atoms with Gasteiger partial charge in [0.2, 0.25) is 5.91 Å². The molecule has 0 aliphatic carbocycles. The molecular weight excluding hydrogens is 392 g/mol. The standard InChI is InChI=1S/C21H28N2O3S2/c24-21(17-27-15-18-6-11-25-14-18)22-7-2-5-10-26-19-12-20(28-16-19)13-23-8-3-1-4-9-23/h2,6-7,11-12,14,16H,1,3-5,8-10,13,15,17H2,(H,22,24)/b7-2-. The number of rotatable bonds is 11. The third-order valence-electron chi connectivity index (χ3n) is 4.46. The minimum Gasteiger partial charge on any atom is -0.492 e. The van der Waals surface area contributed by atoms with Crippen LogP contribution in [0.5, 0.6) is 5.75 Å². The highest BCUT2D eigenvalue weighted by Gasteiger charge is 2.11. The molecule has 152 valence electrons. The average Bonchev–Trinajstić information content (AvgIpc) is 3.38. The molecule has 7 heteroatoms. The van der Waals surface area contributed by atoms with Gasteiger partial charge in [-0.3, -0.25) is 9.69 Å². The van der Waals surface area contributed by atoms with Gasteiger partial charge in [-0.1, -0.05) is 12.5 Å². The molecule has 1 saturated heterocycles. The van der Waals surface area contributed by atoms with Crippen molar-refractivity contribution < 1.29 is 13.9 Å². The molecule has 0 saturated carbocycles. The van der Waals surface area contributed by atoms with Gasteiger partial charge < -0.3 is 14.5 Å². The fraction of sp³-hybridized carbons (Fsp3) is 0.476. The normalized spacial score (nSPS) is 15.1. The SMILES string of the molecule is O=C(CSCc1ccoc1)N/C=C\CCOc1csc(CN2CCCCC2)c1. The third kappa shape index (κ3) is 7.73. The first kappa shape index (κ1) is 21.0. The molecule has 2 aromatic heterocycles. The molecule has 28 heavy (non-hydrogen) atoms. The van der Waals surface area contributed by atoms with Crippen LogP contribution in [0.4, 0.5) is 0 Å². The third-order valence-corrected chi connectivity index (χ3v) is 6.36. The van der Waals surface area contributed by atoms with Crippen molar-refractivity contribution in [3.63, 3.8) is 0 Å². The molecular formula is C21H28N2O3S2. The summed E-state index contributed by atoms with van der Waals surface area (Å²) in [5.74, 6) is 2.17. The molecule has 0 radical (unpaired) electrons. The molecule has 1 N–H and O–H groups in total. The van der Waals surface area contributed by atoms with Gasteiger partial charge in [0.1, 0.15) is 5.75 Å². The molecule has 3 heterocycles. The summed E-state index contributed by atoms with van der Waals surface area (Å²) in [6.45, 7) is 4.08. The molecule has 1 aliphatic heterocycles. The lowest BCUT2D eigenvalue weighted by molar-refractivity contribution is -0.117. The Bertz CT molecular complexity index is 722. The maximum atomic E-state index is 11.8. The number of hydrogen-bond acceptors (Lipinski definition) is 6. The van der Waals surface area contributed by atoms with E-state index < -0.39 is 0 Å². The predicted molar refractivity (Wildman–Crippen MR) is 116 cm³/mol. The van der Waals surface area contributed by atoms with Gasteiger partial charge in [-0.2, -0.15) is 0 Å². The van der Waals surface area contributed by atoms with E-state index >= 15 is 0 Å². The Balaban J connectivity index is 1.23. The molecule has 3 rings (SSSR count). The van der Waals surface area contributed by atoms with Crippen molar-refractivity contribution in [2.24, 2.45) is 0 Å². The highest BCUT2D eigenvalue weighted by molar-refractivity contribution is 7.99. The lowest BCUT2D eigenvalue weighted by Gasteiger charge is -2.25. The maximum Gasteiger partial charge on any atom is 0.233 e. The molecule has 2 aromatic rings. The number of thioether (sulfide) groups is 1. The zero-order valence-electron chi connectivity index (χ0n) is 16.1. The summed E-state index contributed by atoms with van der Waals surface area (Å²) >= 11 is 3.34. The molecule has 1 amide bonds. The van der Waals surface area contributed by atoms with Crippen LogP contribution < -0.4 is 10.1 Å². The van der Waals surface area contributed by atoms with E-state index in [1.807, 2.05) is 12.1 Å². The first-order valence-electron chi connectivity index (χ1n) is 9.75. The van der Waals surface area contributed by atoms with Gasteiger partial charge >= 0.3 is 0 Å². The van der Waals surface area contributed by atoms with Crippen LogP contribution in [0.1, 0.15) is 36.1 Å². The summed E-state index contributed by atoms with van der Waals surface area (Å²) in [7, 11) is 0. The number of nitrogens with zero attached hydrogens (tertiary/aromatic N) is 1. The van der Waals surface area contributed by atoms with Crippen LogP contribution in [0, 0.1) is 0 Å². The van der Waals surface area contributed by atoms with Crippen molar-refractivity contribution in [1.82, 2.24) is 10.2 Å². The molecule has 0 aromatic carbocycles. The lowest BCUT2D eigenvalue weighted by Crippen LogP contribution is -2.28. The number of likely N-dealkylation sites (tertiary alicyclic amines) is 1. The van der Waals surface area contributed by atoms with E-state index in [1.165, 1.54) is 37.2 Å². The molecule has 1 fully saturated rings. The molecule has 1 aliphatic rings. The summed E-state index contributed by atoms with van der Waals surface area (Å²) in [5, 5.41) is 4.87. The first-order valence-corrected chi connectivity index (χ1v) is 11.8. The quantitative estimate of drug-likeness (QED) is 0.536. The van der Waals surface area contributed by atoms with Gasteiger partial charge in [-0.25, -0.2) is 0 Å². The number of carbonyl (C=O) groups excluding carboxylic acids is 1. The van der Waals surface area contributed by atoms with E-state index in [9.17, 15) is 4.79 Å². The fourth-order valence-corrected chi connectivity index (χ4v) is 4.63. The van der Waals surface area contributed by atoms with Crippen LogP contribution >= 0.6 is 23.1 Å². The fourth-order valence-electron chi connectivity index (χ4n) is 3.02. The zero-order chi connectivity index (χ0) is 19.4. The van der Waals surface area contributed by atoms with E-state index in [0.29, 0.717) is 12.4 Å². The number of thiophene rings is 1. The van der Waals surface area contributed by atoms with Crippen molar-refractivity contribution in [3.8, 4) is 5.75 Å². The summed E-state index contributed by atoms with van der Waals surface area (Å²) < 4.78 is 10.8. The van der Waals surface area contributed by atoms with Gasteiger partial charge in [0.05, 0.1) is 24.9 Å². The summed E-state index contributed by atoms with van der Waals surface area (Å²) in [5.41, 5.74) is 1.10. The Labute approximate surface area is 175 Å². The van der Waals surface area contributed by atoms with E-state index in [0.717, 1.165) is 30.0 Å². The monoisotopic (exact) mass is 420 g/mol. The van der Waals surface area contributed by atoms with Gasteiger partial charge in [-0.05, 0) is 44.3 Å². The van der Waals surface area contributed by atoms with Crippen molar-refractivity contribution in [2.75, 3.05) is 25.4 Å². The first-order chi connectivity index (χ1) is 13.8. The second-order valence-electron chi connectivity index (χ2n) is 6.82. The highest BCUT2D eigenvalue weighted by atomic mass is 32.2. The number of ether oxygens (including phenoxy) is 1. The second-order valence-corrected chi connectivity index (χ2v) is 8.80. The summed E-state index contributed by atoms with van der Waals surface area (Å²) in [6.07, 6.45) is 11.8. The molecule has 0 atom stereocenters. The minimum absolute atomic E-state index is 0.00542. The zero-order valence-corrected chi connectivity index (χ0v) is 17.7. The Kier molecular flexibility index (Phi) is 9.00. The van der Waals surface area contributed by atoms with Gasteiger partial charge in [-0.15, -0.1) is 23.1 Å². The van der Waals surface area contributed by atoms with E-state index in [1.54, 1.807) is 41.8 Å². The number of nitrogens with one attached hydrogen (secondary N) is 1. The molecule has 5 nitrogen and oxygen atoms in total. The number of carbonyl (C=O) groups is 1. The number of furan rings is 1. The molecule has 0 bridgehead atoms. The van der Waals surface area contributed by atoms with Gasteiger partial charge in [0, 0.05) is 34.5 Å². The van der Waals surface area contributed by atoms with Gasteiger partial charge in [0.25, 0.3) is 0 Å². The number of amides is 1. The van der Waals surface area contributed by atoms with Gasteiger partial charge in [0.15, 0.2) is 0 Å². The van der Waals surface area contributed by atoms with Crippen LogP contribution in [-0.2, 0) is 17.1 Å². The Morgan fingerprint density at radius 3 is 3.07 bits per heavy atom. The van der Waals surface area contributed by atoms with Crippen molar-refractivity contribution in [2.45, 2.75) is 38.0 Å². The molecule has 0 spiro atoms. The van der Waals surface area contributed by atoms with E-state index in [-0.39, 0.29) is 5.91 Å². The lowest BCUT2D eigenvalue weighted by atomic mass is 10.1. The van der Waals surface area contributed by atoms with Crippen LogP contribution in [0.15, 0.2) is 46.7 Å². The van der Waals surface area contributed by atoms with Crippen LogP contribution in [0.2, 0.25) is 0 Å². The predicted octanol–water partition coefficient (Wildman–Crippen LogP) is 4.66.